The third-order valence-electron chi connectivity index (χ3n) is 4.46. The molecule has 0 radical (unpaired) electrons. The van der Waals surface area contributed by atoms with E-state index in [0.29, 0.717) is 29.3 Å². The van der Waals surface area contributed by atoms with E-state index in [-0.39, 0.29) is 17.3 Å². The fourth-order valence-corrected chi connectivity index (χ4v) is 3.18. The van der Waals surface area contributed by atoms with Gasteiger partial charge in [0, 0.05) is 0 Å². The molecule has 1 N–H and O–H groups in total. The van der Waals surface area contributed by atoms with Crippen LogP contribution in [-0.4, -0.2) is 40.1 Å². The fraction of sp³-hybridized carbons (Fsp3) is 0.158. The van der Waals surface area contributed by atoms with Crippen molar-refractivity contribution in [3.05, 3.63) is 64.7 Å². The second-order valence-corrected chi connectivity index (χ2v) is 6.68. The number of nitrogens with zero attached hydrogens (tertiary/aromatic N) is 4. The van der Waals surface area contributed by atoms with Gasteiger partial charge in [-0.25, -0.2) is 13.9 Å². The number of cyclic esters (lactones) is 1. The molecule has 1 saturated heterocycles. The molecule has 2 amide bonds. The van der Waals surface area contributed by atoms with Gasteiger partial charge in [0.25, 0.3) is 5.91 Å². The zero-order valence-electron chi connectivity index (χ0n) is 15.2. The van der Waals surface area contributed by atoms with Crippen molar-refractivity contribution in [2.45, 2.75) is 6.92 Å². The quantitative estimate of drug-likeness (QED) is 0.703. The average molecular weight is 416 g/mol. The maximum Gasteiger partial charge on any atom is 0.414 e. The molecule has 3 aromatic rings. The number of benzene rings is 2. The van der Waals surface area contributed by atoms with Gasteiger partial charge in [-0.1, -0.05) is 28.9 Å². The van der Waals surface area contributed by atoms with Crippen LogP contribution in [0.5, 0.6) is 0 Å². The molecule has 1 fully saturated rings. The van der Waals surface area contributed by atoms with Gasteiger partial charge >= 0.3 is 6.09 Å². The molecule has 0 saturated carbocycles. The van der Waals surface area contributed by atoms with E-state index in [0.717, 1.165) is 0 Å². The van der Waals surface area contributed by atoms with E-state index in [2.05, 4.69) is 15.6 Å². The highest BCUT2D eigenvalue weighted by molar-refractivity contribution is 6.30. The maximum atomic E-state index is 13.4. The Balaban J connectivity index is 1.61. The van der Waals surface area contributed by atoms with E-state index in [1.54, 1.807) is 31.2 Å². The second-order valence-electron chi connectivity index (χ2n) is 6.27. The molecule has 2 heterocycles. The lowest BCUT2D eigenvalue weighted by Crippen LogP contribution is -2.25. The Morgan fingerprint density at radius 1 is 1.28 bits per heavy atom. The van der Waals surface area contributed by atoms with E-state index in [1.165, 1.54) is 27.8 Å². The van der Waals surface area contributed by atoms with Crippen LogP contribution in [0.1, 0.15) is 16.2 Å². The monoisotopic (exact) mass is 415 g/mol. The summed E-state index contributed by atoms with van der Waals surface area (Å²) in [5.41, 5.74) is 1.97. The lowest BCUT2D eigenvalue weighted by Gasteiger charge is -2.17. The molecule has 0 spiro atoms. The SMILES string of the molecule is Cc1c(C(=O)Nc2ccccc2N2CCOC2=O)nnn1-c1ccc(F)c(Cl)c1. The molecule has 0 atom stereocenters. The Bertz CT molecular complexity index is 1120. The van der Waals surface area contributed by atoms with Gasteiger partial charge in [0.2, 0.25) is 0 Å². The Morgan fingerprint density at radius 2 is 2.07 bits per heavy atom. The van der Waals surface area contributed by atoms with Crippen molar-refractivity contribution in [3.63, 3.8) is 0 Å². The summed E-state index contributed by atoms with van der Waals surface area (Å²) in [7, 11) is 0. The number of amides is 2. The number of hydrogen-bond acceptors (Lipinski definition) is 5. The van der Waals surface area contributed by atoms with Crippen LogP contribution >= 0.6 is 11.6 Å². The van der Waals surface area contributed by atoms with Gasteiger partial charge in [0.15, 0.2) is 5.69 Å². The minimum absolute atomic E-state index is 0.0603. The Hall–Kier alpha value is -3.46. The number of hydrogen-bond donors (Lipinski definition) is 1. The predicted octanol–water partition coefficient (Wildman–Crippen LogP) is 3.58. The molecule has 29 heavy (non-hydrogen) atoms. The molecule has 10 heteroatoms. The summed E-state index contributed by atoms with van der Waals surface area (Å²) in [4.78, 5) is 26.1. The molecule has 1 aliphatic heterocycles. The van der Waals surface area contributed by atoms with E-state index < -0.39 is 17.8 Å². The highest BCUT2D eigenvalue weighted by Crippen LogP contribution is 2.28. The smallest absolute Gasteiger partial charge is 0.414 e. The summed E-state index contributed by atoms with van der Waals surface area (Å²) in [5, 5.41) is 10.6. The lowest BCUT2D eigenvalue weighted by molar-refractivity contribution is 0.102. The van der Waals surface area contributed by atoms with Crippen molar-refractivity contribution in [3.8, 4) is 5.69 Å². The first kappa shape index (κ1) is 18.9. The van der Waals surface area contributed by atoms with Gasteiger partial charge in [-0.3, -0.25) is 9.69 Å². The van der Waals surface area contributed by atoms with Crippen molar-refractivity contribution in [2.24, 2.45) is 0 Å². The average Bonchev–Trinajstić information content (AvgIpc) is 3.30. The standard InChI is InChI=1S/C19H15ClFN5O3/c1-11-17(23-24-26(11)12-6-7-14(21)13(20)10-12)18(27)22-15-4-2-3-5-16(15)25-8-9-29-19(25)28/h2-7,10H,8-9H2,1H3,(H,22,27). The molecule has 8 nitrogen and oxygen atoms in total. The Labute approximate surface area is 169 Å². The van der Waals surface area contributed by atoms with Crippen LogP contribution < -0.4 is 10.2 Å². The summed E-state index contributed by atoms with van der Waals surface area (Å²) >= 11 is 5.83. The third kappa shape index (κ3) is 3.52. The molecule has 0 aliphatic carbocycles. The van der Waals surface area contributed by atoms with Crippen molar-refractivity contribution < 1.29 is 18.7 Å². The first-order valence-corrected chi connectivity index (χ1v) is 9.06. The highest BCUT2D eigenvalue weighted by atomic mass is 35.5. The van der Waals surface area contributed by atoms with Gasteiger partial charge in [-0.2, -0.15) is 0 Å². The molecular weight excluding hydrogens is 401 g/mol. The molecule has 0 bridgehead atoms. The number of rotatable bonds is 4. The number of nitrogens with one attached hydrogen (secondary N) is 1. The number of anilines is 2. The normalized spacial score (nSPS) is 13.5. The van der Waals surface area contributed by atoms with Crippen LogP contribution in [0.15, 0.2) is 42.5 Å². The summed E-state index contributed by atoms with van der Waals surface area (Å²) in [6, 6.07) is 11.0. The van der Waals surface area contributed by atoms with E-state index in [4.69, 9.17) is 16.3 Å². The molecule has 4 rings (SSSR count). The summed E-state index contributed by atoms with van der Waals surface area (Å²) in [6.45, 7) is 2.34. The van der Waals surface area contributed by atoms with E-state index in [1.807, 2.05) is 0 Å². The fourth-order valence-electron chi connectivity index (χ4n) is 3.01. The van der Waals surface area contributed by atoms with Crippen molar-refractivity contribution >= 4 is 35.0 Å². The van der Waals surface area contributed by atoms with Gasteiger partial charge in [0.05, 0.1) is 34.3 Å². The van der Waals surface area contributed by atoms with Gasteiger partial charge in [-0.15, -0.1) is 5.10 Å². The molecule has 1 aromatic heterocycles. The molecule has 2 aromatic carbocycles. The van der Waals surface area contributed by atoms with E-state index in [9.17, 15) is 14.0 Å². The third-order valence-corrected chi connectivity index (χ3v) is 4.75. The number of carbonyl (C=O) groups excluding carboxylic acids is 2. The van der Waals surface area contributed by atoms with Crippen molar-refractivity contribution in [1.29, 1.82) is 0 Å². The van der Waals surface area contributed by atoms with Crippen LogP contribution in [0.25, 0.3) is 5.69 Å². The number of ether oxygens (including phenoxy) is 1. The minimum atomic E-state index is -0.553. The van der Waals surface area contributed by atoms with Crippen molar-refractivity contribution in [2.75, 3.05) is 23.4 Å². The zero-order valence-corrected chi connectivity index (χ0v) is 16.0. The van der Waals surface area contributed by atoms with E-state index >= 15 is 0 Å². The Morgan fingerprint density at radius 3 is 2.79 bits per heavy atom. The predicted molar refractivity (Wildman–Crippen MR) is 104 cm³/mol. The summed E-state index contributed by atoms with van der Waals surface area (Å²) in [5.74, 6) is -1.05. The van der Waals surface area contributed by atoms with Gasteiger partial charge < -0.3 is 10.1 Å². The van der Waals surface area contributed by atoms with Gasteiger partial charge in [-0.05, 0) is 37.3 Å². The molecular formula is C19H15ClFN5O3. The summed E-state index contributed by atoms with van der Waals surface area (Å²) in [6.07, 6.45) is -0.470. The first-order valence-electron chi connectivity index (χ1n) is 8.68. The van der Waals surface area contributed by atoms with Crippen LogP contribution in [0, 0.1) is 12.7 Å². The second kappa shape index (κ2) is 7.51. The van der Waals surface area contributed by atoms with Crippen LogP contribution in [0.4, 0.5) is 20.6 Å². The number of aromatic nitrogens is 3. The number of halogens is 2. The molecule has 0 unspecified atom stereocenters. The topological polar surface area (TPSA) is 89.3 Å². The zero-order chi connectivity index (χ0) is 20.5. The van der Waals surface area contributed by atoms with Crippen LogP contribution in [-0.2, 0) is 4.74 Å². The maximum absolute atomic E-state index is 13.4. The van der Waals surface area contributed by atoms with Crippen LogP contribution in [0.2, 0.25) is 5.02 Å². The lowest BCUT2D eigenvalue weighted by atomic mass is 10.2. The molecule has 1 aliphatic rings. The highest BCUT2D eigenvalue weighted by Gasteiger charge is 2.27. The molecule has 148 valence electrons. The first-order chi connectivity index (χ1) is 14.0. The van der Waals surface area contributed by atoms with Crippen LogP contribution in [0.3, 0.4) is 0 Å². The number of carbonyl (C=O) groups is 2. The Kier molecular flexibility index (Phi) is 4.89. The minimum Gasteiger partial charge on any atom is -0.447 e. The van der Waals surface area contributed by atoms with Crippen molar-refractivity contribution in [1.82, 2.24) is 15.0 Å². The summed E-state index contributed by atoms with van der Waals surface area (Å²) < 4.78 is 19.8. The largest absolute Gasteiger partial charge is 0.447 e. The van der Waals surface area contributed by atoms with Gasteiger partial charge in [0.1, 0.15) is 12.4 Å². The number of para-hydroxylation sites is 2.